The Morgan fingerprint density at radius 3 is 2.24 bits per heavy atom. The van der Waals surface area contributed by atoms with E-state index in [1.54, 1.807) is 29.9 Å². The molecule has 0 aliphatic carbocycles. The summed E-state index contributed by atoms with van der Waals surface area (Å²) in [5.41, 5.74) is 5.96. The van der Waals surface area contributed by atoms with Crippen molar-refractivity contribution in [1.82, 2.24) is 24.9 Å². The van der Waals surface area contributed by atoms with Crippen molar-refractivity contribution in [3.63, 3.8) is 0 Å². The Labute approximate surface area is 250 Å². The number of benzene rings is 5. The van der Waals surface area contributed by atoms with Crippen LogP contribution in [0.3, 0.4) is 0 Å². The van der Waals surface area contributed by atoms with E-state index in [4.69, 9.17) is 16.6 Å². The summed E-state index contributed by atoms with van der Waals surface area (Å²) < 4.78 is 2.29. The molecule has 7 heteroatoms. The molecule has 0 atom stereocenters. The third kappa shape index (κ3) is 4.29. The lowest BCUT2D eigenvalue weighted by molar-refractivity contribution is 1.07. The molecule has 3 aromatic heterocycles. The summed E-state index contributed by atoms with van der Waals surface area (Å²) in [6.07, 6.45) is 5.22. The Kier molecular flexibility index (Phi) is 5.95. The first-order chi connectivity index (χ1) is 20.7. The van der Waals surface area contributed by atoms with E-state index in [1.165, 1.54) is 10.1 Å². The van der Waals surface area contributed by atoms with Crippen LogP contribution < -0.4 is 0 Å². The summed E-state index contributed by atoms with van der Waals surface area (Å²) in [5, 5.41) is 4.80. The lowest BCUT2D eigenvalue weighted by Crippen LogP contribution is -1.97. The number of fused-ring (bicyclic) bond motifs is 4. The molecule has 0 saturated heterocycles. The van der Waals surface area contributed by atoms with Crippen LogP contribution in [0.25, 0.3) is 76.1 Å². The van der Waals surface area contributed by atoms with Crippen molar-refractivity contribution in [3.8, 4) is 45.2 Å². The van der Waals surface area contributed by atoms with Gasteiger partial charge in [0.05, 0.1) is 11.9 Å². The zero-order valence-corrected chi connectivity index (χ0v) is 23.6. The Bertz CT molecular complexity index is 2280. The molecule has 0 N–H and O–H groups in total. The van der Waals surface area contributed by atoms with Crippen molar-refractivity contribution in [2.24, 2.45) is 0 Å². The highest BCUT2D eigenvalue weighted by molar-refractivity contribution is 7.26. The Morgan fingerprint density at radius 2 is 1.36 bits per heavy atom. The lowest BCUT2D eigenvalue weighted by atomic mass is 9.97. The molecule has 0 radical (unpaired) electrons. The van der Waals surface area contributed by atoms with Gasteiger partial charge in [0.25, 0.3) is 0 Å². The minimum absolute atomic E-state index is 0.171. The molecule has 198 valence electrons. The van der Waals surface area contributed by atoms with Crippen molar-refractivity contribution < 1.29 is 0 Å². The van der Waals surface area contributed by atoms with Crippen molar-refractivity contribution >= 4 is 53.9 Å². The van der Waals surface area contributed by atoms with Gasteiger partial charge in [0, 0.05) is 49.3 Å². The molecule has 0 spiro atoms. The molecule has 0 fully saturated rings. The fraction of sp³-hybridized carbons (Fsp3) is 0. The molecule has 0 unspecified atom stereocenters. The zero-order chi connectivity index (χ0) is 28.0. The van der Waals surface area contributed by atoms with Gasteiger partial charge in [-0.05, 0) is 51.7 Å². The van der Waals surface area contributed by atoms with Gasteiger partial charge >= 0.3 is 0 Å². The van der Waals surface area contributed by atoms with Crippen molar-refractivity contribution in [1.29, 1.82) is 0 Å². The van der Waals surface area contributed by atoms with Gasteiger partial charge in [0.2, 0.25) is 5.28 Å². The summed E-state index contributed by atoms with van der Waals surface area (Å²) in [4.78, 5) is 22.7. The molecule has 42 heavy (non-hydrogen) atoms. The summed E-state index contributed by atoms with van der Waals surface area (Å²) in [6, 6.07) is 35.6. The maximum Gasteiger partial charge on any atom is 0.226 e. The highest BCUT2D eigenvalue weighted by Gasteiger charge is 2.17. The molecule has 0 saturated carbocycles. The maximum atomic E-state index is 6.48. The van der Waals surface area contributed by atoms with E-state index in [0.29, 0.717) is 11.6 Å². The maximum absolute atomic E-state index is 6.48. The molecular formula is C35H20ClN5S. The van der Waals surface area contributed by atoms with Gasteiger partial charge in [0.15, 0.2) is 11.6 Å². The number of nitrogens with zero attached hydrogens (tertiary/aromatic N) is 5. The first-order valence-electron chi connectivity index (χ1n) is 13.4. The van der Waals surface area contributed by atoms with Gasteiger partial charge in [-0.1, -0.05) is 84.9 Å². The van der Waals surface area contributed by atoms with Crippen LogP contribution in [-0.2, 0) is 0 Å². The average molecular weight is 578 g/mol. The molecule has 3 heterocycles. The summed E-state index contributed by atoms with van der Waals surface area (Å²) in [7, 11) is 0. The first-order valence-corrected chi connectivity index (χ1v) is 14.6. The molecular weight excluding hydrogens is 558 g/mol. The van der Waals surface area contributed by atoms with Crippen LogP contribution in [-0.4, -0.2) is 24.9 Å². The number of rotatable bonds is 4. The Morgan fingerprint density at radius 1 is 0.571 bits per heavy atom. The van der Waals surface area contributed by atoms with E-state index >= 15 is 0 Å². The predicted molar refractivity (Wildman–Crippen MR) is 173 cm³/mol. The fourth-order valence-corrected chi connectivity index (χ4v) is 6.88. The second-order valence-corrected chi connectivity index (χ2v) is 11.3. The highest BCUT2D eigenvalue weighted by Crippen LogP contribution is 2.42. The van der Waals surface area contributed by atoms with E-state index in [2.05, 4.69) is 98.8 Å². The number of aromatic nitrogens is 5. The van der Waals surface area contributed by atoms with Crippen LogP contribution in [0, 0.1) is 0 Å². The van der Waals surface area contributed by atoms with Crippen LogP contribution in [0.4, 0.5) is 0 Å². The minimum Gasteiger partial charge on any atom is -0.261 e. The van der Waals surface area contributed by atoms with Crippen molar-refractivity contribution in [2.75, 3.05) is 0 Å². The van der Waals surface area contributed by atoms with Gasteiger partial charge < -0.3 is 0 Å². The molecule has 0 aliphatic heterocycles. The second-order valence-electron chi connectivity index (χ2n) is 9.95. The molecule has 5 aromatic carbocycles. The van der Waals surface area contributed by atoms with Crippen LogP contribution in [0.2, 0.25) is 5.28 Å². The van der Waals surface area contributed by atoms with Gasteiger partial charge in [-0.15, -0.1) is 11.3 Å². The third-order valence-corrected chi connectivity index (χ3v) is 8.80. The molecule has 0 bridgehead atoms. The molecule has 0 amide bonds. The monoisotopic (exact) mass is 577 g/mol. The van der Waals surface area contributed by atoms with Crippen molar-refractivity contribution in [3.05, 3.63) is 127 Å². The van der Waals surface area contributed by atoms with E-state index < -0.39 is 0 Å². The second kappa shape index (κ2) is 10.1. The molecule has 0 aliphatic rings. The summed E-state index contributed by atoms with van der Waals surface area (Å²) in [5.74, 6) is 1.11. The van der Waals surface area contributed by atoms with Gasteiger partial charge in [0.1, 0.15) is 0 Å². The van der Waals surface area contributed by atoms with Gasteiger partial charge in [-0.3, -0.25) is 9.97 Å². The molecule has 8 rings (SSSR count). The van der Waals surface area contributed by atoms with Gasteiger partial charge in [-0.2, -0.15) is 9.97 Å². The minimum atomic E-state index is 0.171. The number of halogens is 1. The highest BCUT2D eigenvalue weighted by atomic mass is 35.5. The number of hydrogen-bond donors (Lipinski definition) is 0. The van der Waals surface area contributed by atoms with Crippen LogP contribution in [0.5, 0.6) is 0 Å². The molecule has 8 aromatic rings. The zero-order valence-electron chi connectivity index (χ0n) is 22.1. The van der Waals surface area contributed by atoms with Crippen LogP contribution in [0.1, 0.15) is 0 Å². The lowest BCUT2D eigenvalue weighted by Gasteiger charge is -2.09. The van der Waals surface area contributed by atoms with Crippen molar-refractivity contribution in [2.45, 2.75) is 0 Å². The average Bonchev–Trinajstić information content (AvgIpc) is 3.43. The SMILES string of the molecule is Clc1nc(-c2ccc3ccccc3c2)nc(-c2cccc3c2sc2cc(-c4ccccc4-c4cnccn4)ccc23)n1. The predicted octanol–water partition coefficient (Wildman–Crippen LogP) is 9.50. The van der Waals surface area contributed by atoms with Crippen LogP contribution >= 0.6 is 22.9 Å². The smallest absolute Gasteiger partial charge is 0.226 e. The standard InChI is InChI=1S/C35H20ClN5S/c36-35-40-33(24-13-12-21-6-1-2-7-22(21)18-24)39-34(41-35)29-11-5-10-28-27-15-14-23(19-31(27)42-32(28)29)25-8-3-4-9-26(25)30-20-37-16-17-38-30/h1-20H. The Balaban J connectivity index is 1.26. The molecule has 5 nitrogen and oxygen atoms in total. The van der Waals surface area contributed by atoms with E-state index in [1.807, 2.05) is 24.3 Å². The third-order valence-electron chi connectivity index (χ3n) is 7.43. The van der Waals surface area contributed by atoms with Crippen LogP contribution in [0.15, 0.2) is 122 Å². The van der Waals surface area contributed by atoms with Gasteiger partial charge in [-0.25, -0.2) is 4.98 Å². The quantitative estimate of drug-likeness (QED) is 0.208. The summed E-state index contributed by atoms with van der Waals surface area (Å²) in [6.45, 7) is 0. The topological polar surface area (TPSA) is 64.5 Å². The van der Waals surface area contributed by atoms with E-state index in [9.17, 15) is 0 Å². The normalized spacial score (nSPS) is 11.5. The Hall–Kier alpha value is -5.04. The number of hydrogen-bond acceptors (Lipinski definition) is 6. The largest absolute Gasteiger partial charge is 0.261 e. The fourth-order valence-electron chi connectivity index (χ4n) is 5.47. The summed E-state index contributed by atoms with van der Waals surface area (Å²) >= 11 is 8.22. The van der Waals surface area contributed by atoms with E-state index in [-0.39, 0.29) is 5.28 Å². The first kappa shape index (κ1) is 24.7. The van der Waals surface area contributed by atoms with E-state index in [0.717, 1.165) is 54.4 Å². The number of thiophene rings is 1.